The van der Waals surface area contributed by atoms with Gasteiger partial charge in [0.1, 0.15) is 0 Å². The van der Waals surface area contributed by atoms with Crippen LogP contribution in [0.15, 0.2) is 16.6 Å². The Hall–Kier alpha value is -0.780. The monoisotopic (exact) mass is 359 g/mol. The van der Waals surface area contributed by atoms with Crippen molar-refractivity contribution < 1.29 is 14.6 Å². The van der Waals surface area contributed by atoms with Crippen LogP contribution in [-0.4, -0.2) is 31.0 Å². The van der Waals surface area contributed by atoms with Gasteiger partial charge in [-0.3, -0.25) is 0 Å². The van der Waals surface area contributed by atoms with Crippen LogP contribution < -0.4 is 14.8 Å². The Bertz CT molecular complexity index is 438. The van der Waals surface area contributed by atoms with Crippen molar-refractivity contribution in [1.82, 2.24) is 5.32 Å². The smallest absolute Gasteiger partial charge is 0.175 e. The molecule has 0 heterocycles. The molecule has 0 amide bonds. The summed E-state index contributed by atoms with van der Waals surface area (Å²) >= 11 is 3.55. The predicted octanol–water partition coefficient (Wildman–Crippen LogP) is 3.35. The lowest BCUT2D eigenvalue weighted by molar-refractivity contribution is 0.169. The fourth-order valence-electron chi connectivity index (χ4n) is 1.73. The third-order valence-electron chi connectivity index (χ3n) is 2.91. The van der Waals surface area contributed by atoms with Crippen molar-refractivity contribution in [3.8, 4) is 11.5 Å². The van der Waals surface area contributed by atoms with Crippen LogP contribution in [-0.2, 0) is 6.54 Å². The lowest BCUT2D eigenvalue weighted by Crippen LogP contribution is -2.22. The van der Waals surface area contributed by atoms with Crippen molar-refractivity contribution >= 4 is 15.9 Å². The molecule has 5 heteroatoms. The predicted molar refractivity (Wildman–Crippen MR) is 89.0 cm³/mol. The first kappa shape index (κ1) is 18.3. The Morgan fingerprint density at radius 2 is 1.95 bits per heavy atom. The largest absolute Gasteiger partial charge is 0.490 e. The van der Waals surface area contributed by atoms with Crippen LogP contribution in [0.3, 0.4) is 0 Å². The summed E-state index contributed by atoms with van der Waals surface area (Å²) in [7, 11) is 0. The zero-order valence-electron chi connectivity index (χ0n) is 13.3. The van der Waals surface area contributed by atoms with Crippen LogP contribution in [0, 0.1) is 5.92 Å². The summed E-state index contributed by atoms with van der Waals surface area (Å²) in [6.45, 7) is 10.1. The Kier molecular flexibility index (Phi) is 8.07. The van der Waals surface area contributed by atoms with Crippen molar-refractivity contribution in [2.24, 2.45) is 5.92 Å². The van der Waals surface area contributed by atoms with Crippen LogP contribution in [0.25, 0.3) is 0 Å². The maximum atomic E-state index is 9.09. The molecule has 2 N–H and O–H groups in total. The number of aliphatic hydroxyl groups excluding tert-OH is 1. The molecule has 1 unspecified atom stereocenters. The van der Waals surface area contributed by atoms with Gasteiger partial charge in [0.25, 0.3) is 0 Å². The van der Waals surface area contributed by atoms with E-state index < -0.39 is 0 Å². The normalized spacial score (nSPS) is 12.5. The van der Waals surface area contributed by atoms with Crippen molar-refractivity contribution in [2.75, 3.05) is 19.8 Å². The molecule has 1 atom stereocenters. The van der Waals surface area contributed by atoms with Crippen LogP contribution in [0.2, 0.25) is 0 Å². The van der Waals surface area contributed by atoms with E-state index in [0.29, 0.717) is 25.0 Å². The van der Waals surface area contributed by atoms with Crippen LogP contribution in [0.4, 0.5) is 0 Å². The Morgan fingerprint density at radius 3 is 2.52 bits per heavy atom. The van der Waals surface area contributed by atoms with Gasteiger partial charge in [0.05, 0.1) is 17.7 Å². The maximum absolute atomic E-state index is 9.09. The van der Waals surface area contributed by atoms with E-state index in [0.717, 1.165) is 22.3 Å². The number of hydrogen-bond acceptors (Lipinski definition) is 4. The van der Waals surface area contributed by atoms with Gasteiger partial charge in [-0.2, -0.15) is 0 Å². The molecule has 0 saturated heterocycles. The molecule has 21 heavy (non-hydrogen) atoms. The highest BCUT2D eigenvalue weighted by molar-refractivity contribution is 9.10. The van der Waals surface area contributed by atoms with Gasteiger partial charge in [-0.25, -0.2) is 0 Å². The van der Waals surface area contributed by atoms with E-state index in [9.17, 15) is 0 Å². The van der Waals surface area contributed by atoms with Gasteiger partial charge in [0, 0.05) is 25.1 Å². The highest BCUT2D eigenvalue weighted by atomic mass is 79.9. The average molecular weight is 360 g/mol. The number of ether oxygens (including phenoxy) is 2. The quantitative estimate of drug-likeness (QED) is 0.709. The molecule has 0 aliphatic rings. The van der Waals surface area contributed by atoms with E-state index in [-0.39, 0.29) is 12.5 Å². The second-order valence-corrected chi connectivity index (χ2v) is 6.33. The summed E-state index contributed by atoms with van der Waals surface area (Å²) in [4.78, 5) is 0. The number of halogens is 1. The summed E-state index contributed by atoms with van der Waals surface area (Å²) in [5.74, 6) is 1.52. The Balaban J connectivity index is 2.90. The molecular formula is C16H26BrNO3. The highest BCUT2D eigenvalue weighted by Crippen LogP contribution is 2.37. The molecule has 0 aliphatic carbocycles. The van der Waals surface area contributed by atoms with Crippen molar-refractivity contribution in [3.05, 3.63) is 22.2 Å². The molecule has 0 spiro atoms. The van der Waals surface area contributed by atoms with Gasteiger partial charge in [-0.15, -0.1) is 0 Å². The first-order valence-electron chi connectivity index (χ1n) is 7.40. The molecule has 0 aromatic heterocycles. The number of benzene rings is 1. The zero-order chi connectivity index (χ0) is 15.8. The van der Waals surface area contributed by atoms with Gasteiger partial charge >= 0.3 is 0 Å². The fourth-order valence-corrected chi connectivity index (χ4v) is 2.33. The minimum absolute atomic E-state index is 0.0914. The minimum atomic E-state index is 0.0914. The SMILES string of the molecule is CCOc1cc(CNC(C)C)cc(Br)c1OCC(C)CO. The zero-order valence-corrected chi connectivity index (χ0v) is 14.9. The molecule has 0 fully saturated rings. The topological polar surface area (TPSA) is 50.7 Å². The van der Waals surface area contributed by atoms with E-state index in [4.69, 9.17) is 14.6 Å². The van der Waals surface area contributed by atoms with E-state index >= 15 is 0 Å². The van der Waals surface area contributed by atoms with Crippen LogP contribution >= 0.6 is 15.9 Å². The number of hydrogen-bond donors (Lipinski definition) is 2. The van der Waals surface area contributed by atoms with Crippen LogP contribution in [0.1, 0.15) is 33.3 Å². The highest BCUT2D eigenvalue weighted by Gasteiger charge is 2.13. The van der Waals surface area contributed by atoms with Gasteiger partial charge < -0.3 is 19.9 Å². The van der Waals surface area contributed by atoms with E-state index in [1.807, 2.05) is 26.0 Å². The Morgan fingerprint density at radius 1 is 1.24 bits per heavy atom. The molecule has 1 rings (SSSR count). The molecule has 0 bridgehead atoms. The molecule has 1 aromatic carbocycles. The molecule has 0 saturated carbocycles. The van der Waals surface area contributed by atoms with Gasteiger partial charge in [-0.05, 0) is 40.5 Å². The summed E-state index contributed by atoms with van der Waals surface area (Å²) < 4.78 is 12.4. The summed E-state index contributed by atoms with van der Waals surface area (Å²) in [5, 5.41) is 12.5. The first-order valence-corrected chi connectivity index (χ1v) is 8.19. The molecule has 0 radical (unpaired) electrons. The van der Waals surface area contributed by atoms with Gasteiger partial charge in [0.15, 0.2) is 11.5 Å². The van der Waals surface area contributed by atoms with E-state index in [2.05, 4.69) is 35.1 Å². The second-order valence-electron chi connectivity index (χ2n) is 5.47. The molecule has 120 valence electrons. The maximum Gasteiger partial charge on any atom is 0.175 e. The lowest BCUT2D eigenvalue weighted by atomic mass is 10.2. The average Bonchev–Trinajstić information content (AvgIpc) is 2.44. The standard InChI is InChI=1S/C16H26BrNO3/c1-5-20-15-7-13(8-18-11(2)3)6-14(17)16(15)21-10-12(4)9-19/h6-7,11-12,18-19H,5,8-10H2,1-4H3. The molecule has 0 aliphatic heterocycles. The fraction of sp³-hybridized carbons (Fsp3) is 0.625. The molecule has 1 aromatic rings. The van der Waals surface area contributed by atoms with E-state index in [1.165, 1.54) is 0 Å². The lowest BCUT2D eigenvalue weighted by Gasteiger charge is -2.17. The summed E-state index contributed by atoms with van der Waals surface area (Å²) in [6, 6.07) is 4.47. The number of rotatable bonds is 9. The van der Waals surface area contributed by atoms with Crippen molar-refractivity contribution in [2.45, 2.75) is 40.3 Å². The van der Waals surface area contributed by atoms with Gasteiger partial charge in [0.2, 0.25) is 0 Å². The molecular weight excluding hydrogens is 334 g/mol. The van der Waals surface area contributed by atoms with Crippen molar-refractivity contribution in [1.29, 1.82) is 0 Å². The number of aliphatic hydroxyl groups is 1. The Labute approximate surface area is 136 Å². The summed E-state index contributed by atoms with van der Waals surface area (Å²) in [6.07, 6.45) is 0. The summed E-state index contributed by atoms with van der Waals surface area (Å²) in [5.41, 5.74) is 1.14. The first-order chi connectivity index (χ1) is 9.97. The van der Waals surface area contributed by atoms with Crippen LogP contribution in [0.5, 0.6) is 11.5 Å². The van der Waals surface area contributed by atoms with Crippen molar-refractivity contribution in [3.63, 3.8) is 0 Å². The third-order valence-corrected chi connectivity index (χ3v) is 3.50. The third kappa shape index (κ3) is 6.24. The molecule has 4 nitrogen and oxygen atoms in total. The van der Waals surface area contributed by atoms with Gasteiger partial charge in [-0.1, -0.05) is 20.8 Å². The number of nitrogens with one attached hydrogen (secondary N) is 1. The van der Waals surface area contributed by atoms with E-state index in [1.54, 1.807) is 0 Å². The minimum Gasteiger partial charge on any atom is -0.490 e. The second kappa shape index (κ2) is 9.28.